The van der Waals surface area contributed by atoms with Crippen LogP contribution in [0.15, 0.2) is 28.3 Å². The Morgan fingerprint density at radius 3 is 2.71 bits per heavy atom. The average molecular weight is 250 g/mol. The van der Waals surface area contributed by atoms with Crippen LogP contribution in [0.5, 0.6) is 5.75 Å². The van der Waals surface area contributed by atoms with Crippen molar-refractivity contribution < 1.29 is 4.74 Å². The van der Waals surface area contributed by atoms with E-state index >= 15 is 0 Å². The molecule has 0 unspecified atom stereocenters. The number of anilines is 1. The van der Waals surface area contributed by atoms with Crippen molar-refractivity contribution in [1.82, 2.24) is 14.8 Å². The van der Waals surface area contributed by atoms with E-state index in [0.717, 1.165) is 21.6 Å². The van der Waals surface area contributed by atoms with Crippen LogP contribution in [0.25, 0.3) is 0 Å². The van der Waals surface area contributed by atoms with Crippen LogP contribution in [0.1, 0.15) is 5.82 Å². The predicted molar refractivity (Wildman–Crippen MR) is 67.3 cm³/mol. The summed E-state index contributed by atoms with van der Waals surface area (Å²) in [6.45, 7) is 1.91. The number of rotatable bonds is 3. The maximum absolute atomic E-state index is 5.92. The monoisotopic (exact) mass is 250 g/mol. The van der Waals surface area contributed by atoms with Crippen LogP contribution in [0.4, 0.5) is 5.69 Å². The molecule has 5 nitrogen and oxygen atoms in total. The highest BCUT2D eigenvalue weighted by Gasteiger charge is 2.10. The van der Waals surface area contributed by atoms with Crippen molar-refractivity contribution in [1.29, 1.82) is 0 Å². The fraction of sp³-hybridized carbons (Fsp3) is 0.273. The zero-order valence-corrected chi connectivity index (χ0v) is 10.8. The molecule has 0 fully saturated rings. The Labute approximate surface area is 104 Å². The molecule has 2 aromatic rings. The molecule has 2 rings (SSSR count). The number of aryl methyl sites for hydroxylation is 1. The Hall–Kier alpha value is -1.69. The summed E-state index contributed by atoms with van der Waals surface area (Å²) in [7, 11) is 3.56. The number of nitrogens with zero attached hydrogens (tertiary/aromatic N) is 3. The second-order valence-electron chi connectivity index (χ2n) is 3.59. The van der Waals surface area contributed by atoms with Gasteiger partial charge < -0.3 is 15.0 Å². The molecule has 17 heavy (non-hydrogen) atoms. The van der Waals surface area contributed by atoms with Gasteiger partial charge in [-0.3, -0.25) is 0 Å². The first kappa shape index (κ1) is 11.8. The number of benzene rings is 1. The second-order valence-corrected chi connectivity index (χ2v) is 4.60. The summed E-state index contributed by atoms with van der Waals surface area (Å²) in [5.74, 6) is 1.65. The third-order valence-corrected chi connectivity index (χ3v) is 3.59. The quantitative estimate of drug-likeness (QED) is 0.842. The maximum atomic E-state index is 5.92. The smallest absolute Gasteiger partial charge is 0.195 e. The molecule has 0 radical (unpaired) electrons. The van der Waals surface area contributed by atoms with Crippen LogP contribution >= 0.6 is 11.8 Å². The van der Waals surface area contributed by atoms with Crippen molar-refractivity contribution >= 4 is 17.4 Å². The Bertz CT molecular complexity index is 538. The highest BCUT2D eigenvalue weighted by atomic mass is 32.2. The van der Waals surface area contributed by atoms with Crippen LogP contribution in [0.3, 0.4) is 0 Å². The predicted octanol–water partition coefficient (Wildman–Crippen LogP) is 1.87. The van der Waals surface area contributed by atoms with Gasteiger partial charge in [-0.2, -0.15) is 0 Å². The van der Waals surface area contributed by atoms with Gasteiger partial charge in [-0.25, -0.2) is 0 Å². The third-order valence-electron chi connectivity index (χ3n) is 2.47. The van der Waals surface area contributed by atoms with Crippen molar-refractivity contribution in [3.8, 4) is 5.75 Å². The lowest BCUT2D eigenvalue weighted by Gasteiger charge is -2.07. The van der Waals surface area contributed by atoms with E-state index in [2.05, 4.69) is 10.2 Å². The molecule has 1 heterocycles. The van der Waals surface area contributed by atoms with E-state index in [-0.39, 0.29) is 0 Å². The molecule has 0 aliphatic rings. The molecule has 0 saturated heterocycles. The molecule has 0 atom stereocenters. The molecule has 90 valence electrons. The highest BCUT2D eigenvalue weighted by molar-refractivity contribution is 7.99. The van der Waals surface area contributed by atoms with Crippen LogP contribution in [0, 0.1) is 6.92 Å². The van der Waals surface area contributed by atoms with Crippen LogP contribution < -0.4 is 10.5 Å². The Morgan fingerprint density at radius 2 is 2.12 bits per heavy atom. The Kier molecular flexibility index (Phi) is 3.23. The summed E-state index contributed by atoms with van der Waals surface area (Å²) < 4.78 is 7.09. The number of ether oxygens (including phenoxy) is 1. The van der Waals surface area contributed by atoms with Crippen LogP contribution in [0.2, 0.25) is 0 Å². The van der Waals surface area contributed by atoms with Crippen molar-refractivity contribution in [3.63, 3.8) is 0 Å². The number of aromatic nitrogens is 3. The molecular weight excluding hydrogens is 236 g/mol. The highest BCUT2D eigenvalue weighted by Crippen LogP contribution is 2.33. The molecule has 0 aliphatic carbocycles. The SMILES string of the molecule is COc1ccc(N)c(Sc2nnc(C)n2C)c1. The van der Waals surface area contributed by atoms with Gasteiger partial charge in [-0.1, -0.05) is 0 Å². The molecule has 0 amide bonds. The Balaban J connectivity index is 2.32. The Morgan fingerprint density at radius 1 is 1.35 bits per heavy atom. The molecule has 1 aromatic carbocycles. The van der Waals surface area contributed by atoms with Crippen LogP contribution in [-0.4, -0.2) is 21.9 Å². The minimum Gasteiger partial charge on any atom is -0.497 e. The topological polar surface area (TPSA) is 66.0 Å². The van der Waals surface area contributed by atoms with E-state index in [0.29, 0.717) is 5.69 Å². The molecule has 1 aromatic heterocycles. The standard InChI is InChI=1S/C11H14N4OS/c1-7-13-14-11(15(7)2)17-10-6-8(16-3)4-5-9(10)12/h4-6H,12H2,1-3H3. The molecule has 0 spiro atoms. The summed E-state index contributed by atoms with van der Waals surface area (Å²) in [5, 5.41) is 8.90. The van der Waals surface area contributed by atoms with Gasteiger partial charge in [0.15, 0.2) is 5.16 Å². The molecule has 2 N–H and O–H groups in total. The fourth-order valence-electron chi connectivity index (χ4n) is 1.30. The number of hydrogen-bond donors (Lipinski definition) is 1. The van der Waals surface area contributed by atoms with Crippen molar-refractivity contribution in [2.24, 2.45) is 7.05 Å². The summed E-state index contributed by atoms with van der Waals surface area (Å²) in [4.78, 5) is 0.917. The zero-order chi connectivity index (χ0) is 12.4. The van der Waals surface area contributed by atoms with E-state index < -0.39 is 0 Å². The maximum Gasteiger partial charge on any atom is 0.195 e. The molecule has 0 saturated carbocycles. The second kappa shape index (κ2) is 4.67. The van der Waals surface area contributed by atoms with Gasteiger partial charge >= 0.3 is 0 Å². The molecule has 0 aliphatic heterocycles. The number of nitrogens with two attached hydrogens (primary N) is 1. The fourth-order valence-corrected chi connectivity index (χ4v) is 2.21. The first-order chi connectivity index (χ1) is 8.11. The number of hydrogen-bond acceptors (Lipinski definition) is 5. The lowest BCUT2D eigenvalue weighted by molar-refractivity contribution is 0.414. The van der Waals surface area contributed by atoms with Crippen LogP contribution in [-0.2, 0) is 7.05 Å². The average Bonchev–Trinajstić information content (AvgIpc) is 2.64. The van der Waals surface area contributed by atoms with E-state index in [1.807, 2.05) is 36.7 Å². The largest absolute Gasteiger partial charge is 0.497 e. The van der Waals surface area contributed by atoms with Gasteiger partial charge in [0.25, 0.3) is 0 Å². The molecule has 6 heteroatoms. The summed E-state index contributed by atoms with van der Waals surface area (Å²) >= 11 is 1.48. The summed E-state index contributed by atoms with van der Waals surface area (Å²) in [5.41, 5.74) is 6.62. The molecular formula is C11H14N4OS. The van der Waals surface area contributed by atoms with E-state index in [1.165, 1.54) is 11.8 Å². The summed E-state index contributed by atoms with van der Waals surface area (Å²) in [6.07, 6.45) is 0. The lowest BCUT2D eigenvalue weighted by Crippen LogP contribution is -1.95. The van der Waals surface area contributed by atoms with Gasteiger partial charge in [0.2, 0.25) is 0 Å². The van der Waals surface area contributed by atoms with Gasteiger partial charge in [0.1, 0.15) is 11.6 Å². The summed E-state index contributed by atoms with van der Waals surface area (Å²) in [6, 6.07) is 5.55. The van der Waals surface area contributed by atoms with Gasteiger partial charge in [-0.05, 0) is 36.9 Å². The van der Waals surface area contributed by atoms with Crippen molar-refractivity contribution in [3.05, 3.63) is 24.0 Å². The number of nitrogen functional groups attached to an aromatic ring is 1. The first-order valence-electron chi connectivity index (χ1n) is 5.09. The minimum absolute atomic E-state index is 0.705. The van der Waals surface area contributed by atoms with Crippen molar-refractivity contribution in [2.75, 3.05) is 12.8 Å². The number of methoxy groups -OCH3 is 1. The van der Waals surface area contributed by atoms with Gasteiger partial charge in [-0.15, -0.1) is 10.2 Å². The van der Waals surface area contributed by atoms with Crippen molar-refractivity contribution in [2.45, 2.75) is 17.0 Å². The van der Waals surface area contributed by atoms with Gasteiger partial charge in [0, 0.05) is 17.6 Å². The first-order valence-corrected chi connectivity index (χ1v) is 5.91. The minimum atomic E-state index is 0.705. The normalized spacial score (nSPS) is 10.5. The van der Waals surface area contributed by atoms with E-state index in [1.54, 1.807) is 7.11 Å². The van der Waals surface area contributed by atoms with E-state index in [9.17, 15) is 0 Å². The lowest BCUT2D eigenvalue weighted by atomic mass is 10.3. The van der Waals surface area contributed by atoms with E-state index in [4.69, 9.17) is 10.5 Å². The zero-order valence-electron chi connectivity index (χ0n) is 9.97. The third kappa shape index (κ3) is 2.36. The molecule has 0 bridgehead atoms. The van der Waals surface area contributed by atoms with Gasteiger partial charge in [0.05, 0.1) is 7.11 Å².